The Labute approximate surface area is 152 Å². The second-order valence-electron chi connectivity index (χ2n) is 6.59. The van der Waals surface area contributed by atoms with E-state index in [2.05, 4.69) is 58.7 Å². The van der Waals surface area contributed by atoms with Crippen molar-refractivity contribution in [2.45, 2.75) is 18.9 Å². The van der Waals surface area contributed by atoms with E-state index in [1.54, 1.807) is 0 Å². The Balaban J connectivity index is 1.79. The van der Waals surface area contributed by atoms with Gasteiger partial charge in [-0.1, -0.05) is 60.7 Å². The van der Waals surface area contributed by atoms with Gasteiger partial charge in [0.15, 0.2) is 0 Å². The average molecular weight is 346 g/mol. The van der Waals surface area contributed by atoms with Crippen molar-refractivity contribution in [1.82, 2.24) is 15.1 Å². The molecular weight excluding hydrogens is 324 g/mol. The molecular formula is C21H22N4O. The highest BCUT2D eigenvalue weighted by molar-refractivity contribution is 5.78. The zero-order valence-corrected chi connectivity index (χ0v) is 14.6. The summed E-state index contributed by atoms with van der Waals surface area (Å²) in [4.78, 5) is 13.9. The number of aromatic amines is 1. The number of fused-ring (bicyclic) bond motifs is 1. The third kappa shape index (κ3) is 3.02. The fourth-order valence-corrected chi connectivity index (χ4v) is 3.70. The smallest absolute Gasteiger partial charge is 0.236 e. The number of H-pyrrole nitrogens is 1. The molecule has 1 amide bonds. The van der Waals surface area contributed by atoms with Crippen LogP contribution in [0.3, 0.4) is 0 Å². The largest absolute Gasteiger partial charge is 0.337 e. The number of carbonyl (C=O) groups excluding carboxylic acids is 1. The summed E-state index contributed by atoms with van der Waals surface area (Å²) in [5.41, 5.74) is 11.2. The van der Waals surface area contributed by atoms with Crippen LogP contribution in [0.25, 0.3) is 0 Å². The van der Waals surface area contributed by atoms with Crippen molar-refractivity contribution < 1.29 is 4.79 Å². The summed E-state index contributed by atoms with van der Waals surface area (Å²) >= 11 is 0. The fraction of sp³-hybridized carbons (Fsp3) is 0.238. The third-order valence-electron chi connectivity index (χ3n) is 5.03. The summed E-state index contributed by atoms with van der Waals surface area (Å²) < 4.78 is 0. The number of carbonyl (C=O) groups is 1. The molecule has 0 saturated carbocycles. The molecule has 4 rings (SSSR count). The second-order valence-corrected chi connectivity index (χ2v) is 6.59. The molecule has 0 unspecified atom stereocenters. The van der Waals surface area contributed by atoms with Crippen LogP contribution in [0.1, 0.15) is 34.0 Å². The van der Waals surface area contributed by atoms with Crippen LogP contribution in [0.2, 0.25) is 0 Å². The van der Waals surface area contributed by atoms with E-state index in [1.165, 1.54) is 11.1 Å². The Hall–Kier alpha value is -2.92. The Morgan fingerprint density at radius 3 is 2.27 bits per heavy atom. The van der Waals surface area contributed by atoms with Crippen LogP contribution >= 0.6 is 0 Å². The first kappa shape index (κ1) is 16.5. The van der Waals surface area contributed by atoms with Gasteiger partial charge in [0, 0.05) is 30.8 Å². The molecule has 1 aliphatic heterocycles. The van der Waals surface area contributed by atoms with Gasteiger partial charge in [-0.05, 0) is 11.1 Å². The van der Waals surface area contributed by atoms with E-state index in [4.69, 9.17) is 5.73 Å². The first-order chi connectivity index (χ1) is 12.8. The van der Waals surface area contributed by atoms with E-state index in [0.717, 1.165) is 23.4 Å². The van der Waals surface area contributed by atoms with Crippen LogP contribution in [0.15, 0.2) is 60.7 Å². The Morgan fingerprint density at radius 2 is 1.69 bits per heavy atom. The van der Waals surface area contributed by atoms with Crippen molar-refractivity contribution >= 4 is 5.91 Å². The molecule has 0 aliphatic carbocycles. The predicted octanol–water partition coefficient (Wildman–Crippen LogP) is 2.43. The second kappa shape index (κ2) is 7.14. The fourth-order valence-electron chi connectivity index (χ4n) is 3.70. The van der Waals surface area contributed by atoms with Gasteiger partial charge in [-0.25, -0.2) is 0 Å². The number of amides is 1. The van der Waals surface area contributed by atoms with Crippen LogP contribution in [0.5, 0.6) is 0 Å². The molecule has 0 spiro atoms. The van der Waals surface area contributed by atoms with E-state index in [0.29, 0.717) is 13.1 Å². The number of benzene rings is 2. The summed E-state index contributed by atoms with van der Waals surface area (Å²) in [7, 11) is 0. The van der Waals surface area contributed by atoms with Gasteiger partial charge in [0.1, 0.15) is 0 Å². The van der Waals surface area contributed by atoms with Crippen LogP contribution in [-0.2, 0) is 17.8 Å². The summed E-state index contributed by atoms with van der Waals surface area (Å²) in [5.74, 6) is 0.0177. The van der Waals surface area contributed by atoms with E-state index >= 15 is 0 Å². The molecule has 0 bridgehead atoms. The minimum absolute atomic E-state index is 0.0150. The van der Waals surface area contributed by atoms with Crippen molar-refractivity contribution in [3.05, 3.63) is 88.7 Å². The predicted molar refractivity (Wildman–Crippen MR) is 101 cm³/mol. The maximum atomic E-state index is 12.1. The number of hydrogen-bond acceptors (Lipinski definition) is 3. The molecule has 0 atom stereocenters. The highest BCUT2D eigenvalue weighted by atomic mass is 16.2. The van der Waals surface area contributed by atoms with Crippen LogP contribution in [0, 0.1) is 0 Å². The Morgan fingerprint density at radius 1 is 1.08 bits per heavy atom. The Kier molecular flexibility index (Phi) is 4.54. The lowest BCUT2D eigenvalue weighted by Gasteiger charge is -2.28. The molecule has 2 heterocycles. The number of hydrogen-bond donors (Lipinski definition) is 2. The molecule has 3 N–H and O–H groups in total. The standard InChI is InChI=1S/C21H22N4O/c22-13-19(26)25-12-11-18-17(14-25)21(24-23-18)20(15-7-3-1-4-8-15)16-9-5-2-6-10-16/h1-10,20H,11-14,22H2,(H,23,24). The molecule has 2 aromatic carbocycles. The van der Waals surface area contributed by atoms with E-state index in [9.17, 15) is 4.79 Å². The summed E-state index contributed by atoms with van der Waals surface area (Å²) in [6, 6.07) is 20.8. The van der Waals surface area contributed by atoms with E-state index in [-0.39, 0.29) is 18.4 Å². The normalized spacial score (nSPS) is 13.7. The van der Waals surface area contributed by atoms with Crippen LogP contribution in [0.4, 0.5) is 0 Å². The van der Waals surface area contributed by atoms with Gasteiger partial charge in [0.05, 0.1) is 18.2 Å². The molecule has 132 valence electrons. The highest BCUT2D eigenvalue weighted by Gasteiger charge is 2.29. The summed E-state index contributed by atoms with van der Waals surface area (Å²) in [5, 5.41) is 7.88. The monoisotopic (exact) mass is 346 g/mol. The third-order valence-corrected chi connectivity index (χ3v) is 5.03. The molecule has 26 heavy (non-hydrogen) atoms. The van der Waals surface area contributed by atoms with Crippen molar-refractivity contribution in [3.63, 3.8) is 0 Å². The quantitative estimate of drug-likeness (QED) is 0.762. The highest BCUT2D eigenvalue weighted by Crippen LogP contribution is 2.35. The number of nitrogens with two attached hydrogens (primary N) is 1. The van der Waals surface area contributed by atoms with Gasteiger partial charge in [0.2, 0.25) is 5.91 Å². The lowest BCUT2D eigenvalue weighted by Crippen LogP contribution is -2.39. The van der Waals surface area contributed by atoms with Crippen molar-refractivity contribution in [2.75, 3.05) is 13.1 Å². The molecule has 1 aliphatic rings. The molecule has 0 saturated heterocycles. The van der Waals surface area contributed by atoms with Crippen molar-refractivity contribution in [2.24, 2.45) is 5.73 Å². The summed E-state index contributed by atoms with van der Waals surface area (Å²) in [6.45, 7) is 1.29. The van der Waals surface area contributed by atoms with Gasteiger partial charge in [-0.3, -0.25) is 9.89 Å². The number of nitrogens with one attached hydrogen (secondary N) is 1. The van der Waals surface area contributed by atoms with E-state index < -0.39 is 0 Å². The maximum absolute atomic E-state index is 12.1. The SMILES string of the molecule is NCC(=O)N1CCc2[nH]nc(C(c3ccccc3)c3ccccc3)c2C1. The first-order valence-corrected chi connectivity index (χ1v) is 8.91. The lowest BCUT2D eigenvalue weighted by atomic mass is 9.85. The summed E-state index contributed by atoms with van der Waals surface area (Å²) in [6.07, 6.45) is 0.782. The average Bonchev–Trinajstić information content (AvgIpc) is 3.12. The van der Waals surface area contributed by atoms with Gasteiger partial charge in [-0.2, -0.15) is 5.10 Å². The molecule has 5 heteroatoms. The topological polar surface area (TPSA) is 75.0 Å². The van der Waals surface area contributed by atoms with Gasteiger partial charge in [0.25, 0.3) is 0 Å². The number of nitrogens with zero attached hydrogens (tertiary/aromatic N) is 2. The van der Waals surface area contributed by atoms with Crippen molar-refractivity contribution in [1.29, 1.82) is 0 Å². The van der Waals surface area contributed by atoms with Gasteiger partial charge in [-0.15, -0.1) is 0 Å². The van der Waals surface area contributed by atoms with E-state index in [1.807, 2.05) is 17.0 Å². The van der Waals surface area contributed by atoms with Crippen LogP contribution < -0.4 is 5.73 Å². The van der Waals surface area contributed by atoms with Gasteiger partial charge < -0.3 is 10.6 Å². The molecule has 5 nitrogen and oxygen atoms in total. The zero-order chi connectivity index (χ0) is 17.9. The number of aromatic nitrogens is 2. The molecule has 0 radical (unpaired) electrons. The maximum Gasteiger partial charge on any atom is 0.236 e. The molecule has 1 aromatic heterocycles. The van der Waals surface area contributed by atoms with Gasteiger partial charge >= 0.3 is 0 Å². The lowest BCUT2D eigenvalue weighted by molar-refractivity contribution is -0.130. The zero-order valence-electron chi connectivity index (χ0n) is 14.6. The Bertz CT molecular complexity index is 849. The minimum Gasteiger partial charge on any atom is -0.337 e. The van der Waals surface area contributed by atoms with Crippen LogP contribution in [-0.4, -0.2) is 34.1 Å². The van der Waals surface area contributed by atoms with Crippen molar-refractivity contribution in [3.8, 4) is 0 Å². The first-order valence-electron chi connectivity index (χ1n) is 8.91. The number of rotatable bonds is 4. The molecule has 0 fully saturated rings. The minimum atomic E-state index is -0.0150. The molecule has 3 aromatic rings.